The third-order valence-electron chi connectivity index (χ3n) is 5.73. The zero-order chi connectivity index (χ0) is 27.4. The van der Waals surface area contributed by atoms with Crippen LogP contribution in [-0.2, 0) is 19.1 Å². The lowest BCUT2D eigenvalue weighted by Gasteiger charge is -2.25. The van der Waals surface area contributed by atoms with Crippen molar-refractivity contribution in [2.75, 3.05) is 20.3 Å². The average Bonchev–Trinajstić information content (AvgIpc) is 3.21. The van der Waals surface area contributed by atoms with E-state index in [0.717, 1.165) is 10.0 Å². The highest BCUT2D eigenvalue weighted by Gasteiger charge is 2.33. The fourth-order valence-electron chi connectivity index (χ4n) is 4.13. The van der Waals surface area contributed by atoms with Crippen molar-refractivity contribution in [1.82, 2.24) is 4.57 Å². The summed E-state index contributed by atoms with van der Waals surface area (Å²) in [4.78, 5) is 43.8. The molecule has 2 heterocycles. The highest BCUT2D eigenvalue weighted by molar-refractivity contribution is 9.11. The third kappa shape index (κ3) is 5.69. The summed E-state index contributed by atoms with van der Waals surface area (Å²) >= 11 is 8.17. The molecule has 1 atom stereocenters. The van der Waals surface area contributed by atoms with E-state index in [9.17, 15) is 14.4 Å². The molecule has 8 nitrogen and oxygen atoms in total. The molecule has 1 aliphatic heterocycles. The normalized spacial score (nSPS) is 15.1. The molecular formula is C27H24Br2N2O6S. The number of halogens is 2. The predicted molar refractivity (Wildman–Crippen MR) is 151 cm³/mol. The van der Waals surface area contributed by atoms with Gasteiger partial charge in [-0.25, -0.2) is 14.6 Å². The van der Waals surface area contributed by atoms with Gasteiger partial charge in [-0.2, -0.15) is 0 Å². The van der Waals surface area contributed by atoms with E-state index in [1.54, 1.807) is 25.1 Å². The highest BCUT2D eigenvalue weighted by Crippen LogP contribution is 2.34. The van der Waals surface area contributed by atoms with Crippen molar-refractivity contribution >= 4 is 61.2 Å². The van der Waals surface area contributed by atoms with E-state index in [0.29, 0.717) is 42.8 Å². The van der Waals surface area contributed by atoms with Crippen molar-refractivity contribution in [2.24, 2.45) is 4.99 Å². The zero-order valence-electron chi connectivity index (χ0n) is 20.8. The maximum absolute atomic E-state index is 13.9. The second-order valence-corrected chi connectivity index (χ2v) is 10.9. The van der Waals surface area contributed by atoms with Gasteiger partial charge in [-0.05, 0) is 53.0 Å². The topological polar surface area (TPSA) is 96.2 Å². The molecule has 0 unspecified atom stereocenters. The fourth-order valence-corrected chi connectivity index (χ4v) is 6.51. The van der Waals surface area contributed by atoms with Crippen LogP contribution in [0.25, 0.3) is 6.08 Å². The molecule has 0 saturated carbocycles. The first-order valence-corrected chi connectivity index (χ1v) is 14.1. The molecule has 0 radical (unpaired) electrons. The van der Waals surface area contributed by atoms with Gasteiger partial charge in [0.25, 0.3) is 5.56 Å². The number of allylic oxidation sites excluding steroid dienone is 1. The minimum Gasteiger partial charge on any atom is -0.480 e. The molecule has 4 rings (SSSR count). The second kappa shape index (κ2) is 12.2. The summed E-state index contributed by atoms with van der Waals surface area (Å²) < 4.78 is 19.1. The van der Waals surface area contributed by atoms with Crippen molar-refractivity contribution < 1.29 is 23.8 Å². The smallest absolute Gasteiger partial charge is 0.344 e. The Morgan fingerprint density at radius 1 is 1.16 bits per heavy atom. The van der Waals surface area contributed by atoms with Crippen molar-refractivity contribution in [3.8, 4) is 5.75 Å². The van der Waals surface area contributed by atoms with Gasteiger partial charge in [-0.15, -0.1) is 0 Å². The van der Waals surface area contributed by atoms with E-state index in [4.69, 9.17) is 14.2 Å². The van der Waals surface area contributed by atoms with Gasteiger partial charge in [0.2, 0.25) is 0 Å². The Labute approximate surface area is 239 Å². The van der Waals surface area contributed by atoms with Crippen molar-refractivity contribution in [3.63, 3.8) is 0 Å². The van der Waals surface area contributed by atoms with Crippen LogP contribution >= 0.6 is 43.2 Å². The summed E-state index contributed by atoms with van der Waals surface area (Å²) in [5, 5.41) is 0. The molecule has 3 aromatic rings. The lowest BCUT2D eigenvalue weighted by atomic mass is 9.95. The van der Waals surface area contributed by atoms with E-state index in [2.05, 4.69) is 36.9 Å². The number of hydrogen-bond acceptors (Lipinski definition) is 8. The van der Waals surface area contributed by atoms with Crippen LogP contribution in [0.3, 0.4) is 0 Å². The number of aromatic nitrogens is 1. The van der Waals surface area contributed by atoms with Gasteiger partial charge in [0.05, 0.1) is 40.0 Å². The first-order valence-electron chi connectivity index (χ1n) is 11.7. The molecule has 1 aromatic heterocycles. The van der Waals surface area contributed by atoms with Crippen LogP contribution in [0.15, 0.2) is 72.5 Å². The summed E-state index contributed by atoms with van der Waals surface area (Å²) in [5.41, 5.74) is 1.93. The van der Waals surface area contributed by atoms with Crippen LogP contribution in [0, 0.1) is 0 Å². The van der Waals surface area contributed by atoms with Gasteiger partial charge in [0, 0.05) is 10.0 Å². The average molecular weight is 664 g/mol. The Kier molecular flexibility index (Phi) is 9.01. The molecule has 0 bridgehead atoms. The Bertz CT molecular complexity index is 1590. The van der Waals surface area contributed by atoms with Gasteiger partial charge in [-0.3, -0.25) is 9.36 Å². The number of ether oxygens (including phenoxy) is 3. The first-order chi connectivity index (χ1) is 18.3. The molecule has 38 heavy (non-hydrogen) atoms. The Hall–Kier alpha value is -3.02. The maximum atomic E-state index is 13.9. The van der Waals surface area contributed by atoms with Crippen LogP contribution in [0.4, 0.5) is 0 Å². The minimum absolute atomic E-state index is 0.244. The standard InChI is InChI=1S/C27H24Br2N2O6S/c1-4-19-22(26(34)35-3)23(15-9-7-6-8-10-15)31-25(33)20(38-27(31)30-19)12-16-11-17(28)13-18(29)24(16)37-14-21(32)36-5-2/h6-13,23H,4-5,14H2,1-3H3/b20-12+/t23-/m0/s1. The number of hydrogen-bond donors (Lipinski definition) is 0. The highest BCUT2D eigenvalue weighted by atomic mass is 79.9. The largest absolute Gasteiger partial charge is 0.480 e. The van der Waals surface area contributed by atoms with E-state index in [-0.39, 0.29) is 18.8 Å². The van der Waals surface area contributed by atoms with E-state index < -0.39 is 18.0 Å². The van der Waals surface area contributed by atoms with Gasteiger partial charge < -0.3 is 14.2 Å². The van der Waals surface area contributed by atoms with Crippen molar-refractivity contribution in [3.05, 3.63) is 93.5 Å². The first kappa shape index (κ1) is 28.0. The molecule has 2 aromatic carbocycles. The summed E-state index contributed by atoms with van der Waals surface area (Å²) in [5.74, 6) is -0.645. The molecule has 11 heteroatoms. The number of carbonyl (C=O) groups excluding carboxylic acids is 2. The number of rotatable bonds is 8. The van der Waals surface area contributed by atoms with E-state index in [1.807, 2.05) is 37.3 Å². The molecule has 198 valence electrons. The van der Waals surface area contributed by atoms with E-state index >= 15 is 0 Å². The summed E-state index contributed by atoms with van der Waals surface area (Å²) in [6, 6.07) is 12.2. The van der Waals surface area contributed by atoms with Gasteiger partial charge in [-0.1, -0.05) is 64.5 Å². The van der Waals surface area contributed by atoms with Crippen molar-refractivity contribution in [1.29, 1.82) is 0 Å². The number of esters is 2. The number of carbonyl (C=O) groups is 2. The molecule has 0 N–H and O–H groups in total. The monoisotopic (exact) mass is 662 g/mol. The molecule has 0 fully saturated rings. The summed E-state index contributed by atoms with van der Waals surface area (Å²) in [6.45, 7) is 3.58. The van der Waals surface area contributed by atoms with Crippen LogP contribution < -0.4 is 19.6 Å². The van der Waals surface area contributed by atoms with Crippen LogP contribution in [-0.4, -0.2) is 36.8 Å². The molecule has 0 spiro atoms. The predicted octanol–water partition coefficient (Wildman–Crippen LogP) is 4.27. The summed E-state index contributed by atoms with van der Waals surface area (Å²) in [7, 11) is 1.32. The van der Waals surface area contributed by atoms with Gasteiger partial charge >= 0.3 is 11.9 Å². The van der Waals surface area contributed by atoms with Crippen LogP contribution in [0.5, 0.6) is 5.75 Å². The van der Waals surface area contributed by atoms with Gasteiger partial charge in [0.1, 0.15) is 5.75 Å². The molecule has 0 amide bonds. The SMILES string of the molecule is CCOC(=O)COc1c(Br)cc(Br)cc1/C=c1/sc2n(c1=O)[C@@H](c1ccccc1)C(C(=O)OC)=C(CC)N=2. The lowest BCUT2D eigenvalue weighted by Crippen LogP contribution is -2.40. The molecular weight excluding hydrogens is 640 g/mol. The Morgan fingerprint density at radius 3 is 2.55 bits per heavy atom. The van der Waals surface area contributed by atoms with Gasteiger partial charge in [0.15, 0.2) is 11.4 Å². The summed E-state index contributed by atoms with van der Waals surface area (Å²) in [6.07, 6.45) is 2.18. The Balaban J connectivity index is 1.91. The van der Waals surface area contributed by atoms with Crippen LogP contribution in [0.2, 0.25) is 0 Å². The third-order valence-corrected chi connectivity index (χ3v) is 7.76. The number of fused-ring (bicyclic) bond motifs is 1. The Morgan fingerprint density at radius 2 is 1.89 bits per heavy atom. The molecule has 0 aliphatic carbocycles. The maximum Gasteiger partial charge on any atom is 0.344 e. The number of benzene rings is 2. The number of nitrogens with zero attached hydrogens (tertiary/aromatic N) is 2. The fraction of sp³-hybridized carbons (Fsp3) is 0.259. The zero-order valence-corrected chi connectivity index (χ0v) is 24.8. The minimum atomic E-state index is -0.689. The van der Waals surface area contributed by atoms with Crippen LogP contribution in [0.1, 0.15) is 37.4 Å². The van der Waals surface area contributed by atoms with E-state index in [1.165, 1.54) is 23.0 Å². The second-order valence-electron chi connectivity index (χ2n) is 8.10. The van der Waals surface area contributed by atoms with Crippen molar-refractivity contribution in [2.45, 2.75) is 26.3 Å². The number of methoxy groups -OCH3 is 1. The number of thiazole rings is 1. The molecule has 0 saturated heterocycles. The molecule has 1 aliphatic rings. The lowest BCUT2D eigenvalue weighted by molar-refractivity contribution is -0.145. The quantitative estimate of drug-likeness (QED) is 0.334.